The molecule has 0 N–H and O–H groups in total. The third-order valence-electron chi connectivity index (χ3n) is 1.39. The summed E-state index contributed by atoms with van der Waals surface area (Å²) in [6, 6.07) is 0. The van der Waals surface area contributed by atoms with E-state index in [1.54, 1.807) is 0 Å². The second-order valence-corrected chi connectivity index (χ2v) is 2.30. The summed E-state index contributed by atoms with van der Waals surface area (Å²) in [6.07, 6.45) is 4.06. The van der Waals surface area contributed by atoms with Crippen molar-refractivity contribution in [3.8, 4) is 0 Å². The van der Waals surface area contributed by atoms with Crippen molar-refractivity contribution in [2.75, 3.05) is 6.61 Å². The first-order valence-corrected chi connectivity index (χ1v) is 3.72. The number of nitrogens with zero attached hydrogens (tertiary/aromatic N) is 4. The molecular weight excluding hydrogens is 144 g/mol. The molecule has 0 atom stereocenters. The fourth-order valence-corrected chi connectivity index (χ4v) is 0.823. The third-order valence-corrected chi connectivity index (χ3v) is 1.39. The average molecular weight is 155 g/mol. The topological polar surface area (TPSA) is 63.5 Å². The summed E-state index contributed by atoms with van der Waals surface area (Å²) in [7, 11) is 0. The number of rotatable bonds is 5. The molecule has 5 heteroatoms. The van der Waals surface area contributed by atoms with Gasteiger partial charge in [-0.3, -0.25) is 0 Å². The highest BCUT2D eigenvalue weighted by Crippen LogP contribution is 1.95. The van der Waals surface area contributed by atoms with Crippen molar-refractivity contribution in [1.29, 1.82) is 0 Å². The van der Waals surface area contributed by atoms with Crippen LogP contribution in [0.15, 0.2) is 6.33 Å². The van der Waals surface area contributed by atoms with Crippen molar-refractivity contribution in [3.05, 3.63) is 6.33 Å². The van der Waals surface area contributed by atoms with Crippen molar-refractivity contribution in [2.24, 2.45) is 0 Å². The zero-order valence-electron chi connectivity index (χ0n) is 6.31. The van der Waals surface area contributed by atoms with Gasteiger partial charge in [0, 0.05) is 0 Å². The maximum atomic E-state index is 10.0. The first-order chi connectivity index (χ1) is 5.43. The zero-order valence-corrected chi connectivity index (χ0v) is 6.31. The Hall–Kier alpha value is -0.970. The Bertz CT molecular complexity index is 175. The van der Waals surface area contributed by atoms with Crippen molar-refractivity contribution >= 4 is 0 Å². The lowest BCUT2D eigenvalue weighted by Crippen LogP contribution is -2.02. The van der Waals surface area contributed by atoms with Crippen LogP contribution in [-0.2, 0) is 11.7 Å². The lowest BCUT2D eigenvalue weighted by atomic mass is 10.2. The molecule has 1 rings (SSSR count). The number of aryl methyl sites for hydroxylation is 1. The molecule has 0 saturated carbocycles. The second-order valence-electron chi connectivity index (χ2n) is 2.30. The van der Waals surface area contributed by atoms with Crippen molar-refractivity contribution in [2.45, 2.75) is 25.8 Å². The van der Waals surface area contributed by atoms with Crippen LogP contribution in [-0.4, -0.2) is 26.8 Å². The van der Waals surface area contributed by atoms with E-state index in [1.165, 1.54) is 11.1 Å². The van der Waals surface area contributed by atoms with Gasteiger partial charge in [0.1, 0.15) is 0 Å². The Morgan fingerprint density at radius 3 is 2.82 bits per heavy atom. The molecule has 0 spiro atoms. The molecule has 0 unspecified atom stereocenters. The minimum absolute atomic E-state index is 0.0186. The summed E-state index contributed by atoms with van der Waals surface area (Å²) in [5.41, 5.74) is 0. The molecule has 0 aliphatic heterocycles. The molecule has 1 radical (unpaired) electrons. The molecule has 61 valence electrons. The lowest BCUT2D eigenvalue weighted by Gasteiger charge is -1.95. The second kappa shape index (κ2) is 4.79. The Morgan fingerprint density at radius 2 is 2.18 bits per heavy atom. The minimum Gasteiger partial charge on any atom is -0.237 e. The van der Waals surface area contributed by atoms with Crippen molar-refractivity contribution in [3.63, 3.8) is 0 Å². The predicted octanol–water partition coefficient (Wildman–Crippen LogP) is 0.274. The lowest BCUT2D eigenvalue weighted by molar-refractivity contribution is 0.185. The number of tetrazole rings is 1. The smallest absolute Gasteiger partial charge is 0.162 e. The average Bonchev–Trinajstić information content (AvgIpc) is 2.50. The van der Waals surface area contributed by atoms with Gasteiger partial charge in [-0.2, -0.15) is 4.80 Å². The van der Waals surface area contributed by atoms with Crippen LogP contribution in [0.4, 0.5) is 0 Å². The Labute approximate surface area is 65.0 Å². The van der Waals surface area contributed by atoms with Crippen LogP contribution in [0.1, 0.15) is 19.3 Å². The monoisotopic (exact) mass is 155 g/mol. The zero-order chi connectivity index (χ0) is 7.94. The molecule has 1 heterocycles. The van der Waals surface area contributed by atoms with E-state index in [9.17, 15) is 5.11 Å². The predicted molar refractivity (Wildman–Crippen MR) is 37.2 cm³/mol. The summed E-state index contributed by atoms with van der Waals surface area (Å²) in [4.78, 5) is 1.53. The number of unbranched alkanes of at least 4 members (excludes halogenated alkanes) is 2. The molecule has 0 bridgehead atoms. The maximum Gasteiger partial charge on any atom is 0.162 e. The largest absolute Gasteiger partial charge is 0.237 e. The highest BCUT2D eigenvalue weighted by molar-refractivity contribution is 4.42. The number of hydrogen-bond donors (Lipinski definition) is 0. The fourth-order valence-electron chi connectivity index (χ4n) is 0.823. The van der Waals surface area contributed by atoms with Gasteiger partial charge in [0.2, 0.25) is 0 Å². The number of aromatic nitrogens is 4. The first-order valence-electron chi connectivity index (χ1n) is 3.72. The van der Waals surface area contributed by atoms with Crippen LogP contribution in [0, 0.1) is 0 Å². The molecule has 1 aromatic rings. The van der Waals surface area contributed by atoms with E-state index < -0.39 is 0 Å². The Morgan fingerprint density at radius 1 is 1.27 bits per heavy atom. The van der Waals surface area contributed by atoms with E-state index in [4.69, 9.17) is 0 Å². The normalized spacial score (nSPS) is 10.3. The Balaban J connectivity index is 2.04. The molecule has 1 aromatic heterocycles. The summed E-state index contributed by atoms with van der Waals surface area (Å²) < 4.78 is 0. The van der Waals surface area contributed by atoms with Crippen LogP contribution in [0.2, 0.25) is 0 Å². The van der Waals surface area contributed by atoms with Crippen LogP contribution in [0.3, 0.4) is 0 Å². The van der Waals surface area contributed by atoms with E-state index in [1.807, 2.05) is 0 Å². The third kappa shape index (κ3) is 3.08. The maximum absolute atomic E-state index is 10.0. The highest BCUT2D eigenvalue weighted by atomic mass is 16.2. The van der Waals surface area contributed by atoms with Crippen molar-refractivity contribution < 1.29 is 5.11 Å². The SMILES string of the molecule is [O]CCCCCn1ncnn1. The number of hydrogen-bond acceptors (Lipinski definition) is 3. The molecule has 0 fully saturated rings. The summed E-state index contributed by atoms with van der Waals surface area (Å²) >= 11 is 0. The van der Waals surface area contributed by atoms with Gasteiger partial charge in [0.05, 0.1) is 13.2 Å². The molecule has 5 nitrogen and oxygen atoms in total. The highest BCUT2D eigenvalue weighted by Gasteiger charge is 1.92. The first kappa shape index (κ1) is 8.13. The molecule has 0 aliphatic carbocycles. The molecule has 0 saturated heterocycles. The molecular formula is C6H11N4O. The minimum atomic E-state index is 0.0186. The van der Waals surface area contributed by atoms with Gasteiger partial charge in [-0.25, -0.2) is 5.11 Å². The molecule has 11 heavy (non-hydrogen) atoms. The van der Waals surface area contributed by atoms with Gasteiger partial charge in [0.15, 0.2) is 6.33 Å². The van der Waals surface area contributed by atoms with Gasteiger partial charge >= 0.3 is 0 Å². The summed E-state index contributed by atoms with van der Waals surface area (Å²) in [6.45, 7) is 0.783. The summed E-state index contributed by atoms with van der Waals surface area (Å²) in [5, 5.41) is 21.1. The van der Waals surface area contributed by atoms with Gasteiger partial charge in [-0.15, -0.1) is 10.2 Å². The van der Waals surface area contributed by atoms with Gasteiger partial charge in [-0.05, 0) is 24.5 Å². The quantitative estimate of drug-likeness (QED) is 0.573. The van der Waals surface area contributed by atoms with Crippen molar-refractivity contribution in [1.82, 2.24) is 20.2 Å². The van der Waals surface area contributed by atoms with Gasteiger partial charge < -0.3 is 0 Å². The van der Waals surface area contributed by atoms with E-state index in [0.717, 1.165) is 25.8 Å². The van der Waals surface area contributed by atoms with Crippen LogP contribution in [0.25, 0.3) is 0 Å². The van der Waals surface area contributed by atoms with E-state index in [2.05, 4.69) is 15.4 Å². The van der Waals surface area contributed by atoms with E-state index in [-0.39, 0.29) is 6.61 Å². The fraction of sp³-hybridized carbons (Fsp3) is 0.833. The summed E-state index contributed by atoms with van der Waals surface area (Å²) in [5.74, 6) is 0. The molecule has 0 amide bonds. The van der Waals surface area contributed by atoms with Crippen LogP contribution >= 0.6 is 0 Å². The van der Waals surface area contributed by atoms with Crippen LogP contribution < -0.4 is 0 Å². The molecule has 0 aliphatic rings. The van der Waals surface area contributed by atoms with E-state index in [0.29, 0.717) is 0 Å². The molecule has 0 aromatic carbocycles. The Kier molecular flexibility index (Phi) is 3.54. The van der Waals surface area contributed by atoms with Gasteiger partial charge in [-0.1, -0.05) is 0 Å². The van der Waals surface area contributed by atoms with Crippen LogP contribution in [0.5, 0.6) is 0 Å². The van der Waals surface area contributed by atoms with Gasteiger partial charge in [0.25, 0.3) is 0 Å². The van der Waals surface area contributed by atoms with E-state index >= 15 is 0 Å². The standard InChI is InChI=1S/C6H11N4O/c11-5-3-1-2-4-10-8-6-7-9-10/h6H,1-5H2.